The molecule has 0 saturated carbocycles. The van der Waals surface area contributed by atoms with Gasteiger partial charge >= 0.3 is 5.97 Å². The molecular formula is C14H11N3O2. The zero-order chi connectivity index (χ0) is 13.4. The van der Waals surface area contributed by atoms with E-state index in [1.54, 1.807) is 24.3 Å². The van der Waals surface area contributed by atoms with E-state index < -0.39 is 5.97 Å². The monoisotopic (exact) mass is 253 g/mol. The molecule has 0 bridgehead atoms. The second kappa shape index (κ2) is 4.13. The molecule has 0 fully saturated rings. The van der Waals surface area contributed by atoms with Gasteiger partial charge in [-0.15, -0.1) is 0 Å². The first-order chi connectivity index (χ1) is 9.18. The Labute approximate surface area is 108 Å². The number of benzene rings is 2. The molecule has 3 aromatic rings. The van der Waals surface area contributed by atoms with Crippen LogP contribution >= 0.6 is 0 Å². The van der Waals surface area contributed by atoms with Gasteiger partial charge < -0.3 is 10.8 Å². The fourth-order valence-electron chi connectivity index (χ4n) is 2.23. The van der Waals surface area contributed by atoms with Crippen LogP contribution in [0, 0.1) is 0 Å². The van der Waals surface area contributed by atoms with Gasteiger partial charge in [-0.25, -0.2) is 4.79 Å². The molecule has 0 atom stereocenters. The van der Waals surface area contributed by atoms with E-state index in [0.717, 1.165) is 16.5 Å². The Balaban J connectivity index is 2.37. The van der Waals surface area contributed by atoms with Crippen molar-refractivity contribution in [2.75, 3.05) is 5.73 Å². The molecule has 0 unspecified atom stereocenters. The van der Waals surface area contributed by atoms with E-state index in [2.05, 4.69) is 10.2 Å². The van der Waals surface area contributed by atoms with Gasteiger partial charge in [-0.1, -0.05) is 30.3 Å². The minimum Gasteiger partial charge on any atom is -0.478 e. The second-order valence-corrected chi connectivity index (χ2v) is 4.19. The SMILES string of the molecule is Nc1n[nH]c2cccc(-c3ccccc3C(=O)O)c12. The minimum absolute atomic E-state index is 0.246. The number of nitrogens with zero attached hydrogens (tertiary/aromatic N) is 1. The highest BCUT2D eigenvalue weighted by Crippen LogP contribution is 2.33. The molecule has 0 aliphatic heterocycles. The van der Waals surface area contributed by atoms with Crippen LogP contribution in [0.25, 0.3) is 22.0 Å². The number of aromatic amines is 1. The van der Waals surface area contributed by atoms with Gasteiger partial charge in [-0.05, 0) is 23.3 Å². The number of rotatable bonds is 2. The van der Waals surface area contributed by atoms with Crippen LogP contribution in [0.2, 0.25) is 0 Å². The second-order valence-electron chi connectivity index (χ2n) is 4.19. The number of nitrogens with two attached hydrogens (primary N) is 1. The third kappa shape index (κ3) is 1.72. The molecule has 0 amide bonds. The Hall–Kier alpha value is -2.82. The molecule has 3 rings (SSSR count). The molecule has 0 radical (unpaired) electrons. The third-order valence-electron chi connectivity index (χ3n) is 3.07. The van der Waals surface area contributed by atoms with Crippen LogP contribution in [0.1, 0.15) is 10.4 Å². The summed E-state index contributed by atoms with van der Waals surface area (Å²) >= 11 is 0. The van der Waals surface area contributed by atoms with Gasteiger partial charge in [0.1, 0.15) is 0 Å². The van der Waals surface area contributed by atoms with E-state index in [9.17, 15) is 9.90 Å². The average Bonchev–Trinajstić information content (AvgIpc) is 2.81. The first-order valence-corrected chi connectivity index (χ1v) is 5.73. The number of fused-ring (bicyclic) bond motifs is 1. The molecule has 19 heavy (non-hydrogen) atoms. The van der Waals surface area contributed by atoms with E-state index in [1.165, 1.54) is 0 Å². The summed E-state index contributed by atoms with van der Waals surface area (Å²) < 4.78 is 0. The molecule has 4 N–H and O–H groups in total. The third-order valence-corrected chi connectivity index (χ3v) is 3.07. The van der Waals surface area contributed by atoms with Gasteiger partial charge in [0.2, 0.25) is 0 Å². The van der Waals surface area contributed by atoms with Gasteiger partial charge in [0, 0.05) is 0 Å². The summed E-state index contributed by atoms with van der Waals surface area (Å²) in [6.07, 6.45) is 0. The maximum absolute atomic E-state index is 11.3. The van der Waals surface area contributed by atoms with Crippen LogP contribution in [0.4, 0.5) is 5.82 Å². The lowest BCUT2D eigenvalue weighted by atomic mass is 9.97. The van der Waals surface area contributed by atoms with Crippen molar-refractivity contribution in [3.05, 3.63) is 48.0 Å². The zero-order valence-electron chi connectivity index (χ0n) is 9.92. The average molecular weight is 253 g/mol. The van der Waals surface area contributed by atoms with Crippen LogP contribution in [0.5, 0.6) is 0 Å². The number of hydrogen-bond acceptors (Lipinski definition) is 3. The van der Waals surface area contributed by atoms with Crippen molar-refractivity contribution in [1.29, 1.82) is 0 Å². The van der Waals surface area contributed by atoms with Crippen molar-refractivity contribution in [3.8, 4) is 11.1 Å². The van der Waals surface area contributed by atoms with E-state index in [1.807, 2.05) is 18.2 Å². The lowest BCUT2D eigenvalue weighted by Crippen LogP contribution is -1.99. The molecule has 2 aromatic carbocycles. The molecule has 0 aliphatic carbocycles. The fraction of sp³-hybridized carbons (Fsp3) is 0. The molecular weight excluding hydrogens is 242 g/mol. The summed E-state index contributed by atoms with van der Waals surface area (Å²) in [5, 5.41) is 16.8. The van der Waals surface area contributed by atoms with E-state index in [-0.39, 0.29) is 5.56 Å². The predicted octanol–water partition coefficient (Wildman–Crippen LogP) is 2.51. The Bertz CT molecular complexity index is 777. The Morgan fingerprint density at radius 1 is 1.11 bits per heavy atom. The standard InChI is InChI=1S/C14H11N3O2/c15-13-12-9(6-3-7-11(12)16-17-13)8-4-1-2-5-10(8)14(18)19/h1-7H,(H,18,19)(H3,15,16,17). The first kappa shape index (κ1) is 11.3. The molecule has 0 aliphatic rings. The number of aromatic nitrogens is 2. The van der Waals surface area contributed by atoms with Crippen LogP contribution in [0.15, 0.2) is 42.5 Å². The number of hydrogen-bond donors (Lipinski definition) is 3. The number of nitrogens with one attached hydrogen (secondary N) is 1. The van der Waals surface area contributed by atoms with Gasteiger partial charge in [-0.3, -0.25) is 5.10 Å². The maximum Gasteiger partial charge on any atom is 0.336 e. The van der Waals surface area contributed by atoms with Crippen molar-refractivity contribution in [2.45, 2.75) is 0 Å². The Morgan fingerprint density at radius 2 is 1.84 bits per heavy atom. The van der Waals surface area contributed by atoms with Crippen molar-refractivity contribution >= 4 is 22.7 Å². The summed E-state index contributed by atoms with van der Waals surface area (Å²) in [6, 6.07) is 12.4. The van der Waals surface area contributed by atoms with E-state index >= 15 is 0 Å². The molecule has 0 spiro atoms. The highest BCUT2D eigenvalue weighted by Gasteiger charge is 2.15. The van der Waals surface area contributed by atoms with Crippen LogP contribution in [-0.4, -0.2) is 21.3 Å². The summed E-state index contributed by atoms with van der Waals surface area (Å²) in [7, 11) is 0. The van der Waals surface area contributed by atoms with Crippen LogP contribution in [-0.2, 0) is 0 Å². The molecule has 1 aromatic heterocycles. The minimum atomic E-state index is -0.963. The van der Waals surface area contributed by atoms with E-state index in [0.29, 0.717) is 11.4 Å². The first-order valence-electron chi connectivity index (χ1n) is 5.73. The number of anilines is 1. The van der Waals surface area contributed by atoms with Crippen LogP contribution < -0.4 is 5.73 Å². The van der Waals surface area contributed by atoms with Crippen molar-refractivity contribution in [2.24, 2.45) is 0 Å². The number of carbonyl (C=O) groups is 1. The molecule has 1 heterocycles. The van der Waals surface area contributed by atoms with Gasteiger partial charge in [-0.2, -0.15) is 5.10 Å². The van der Waals surface area contributed by atoms with Gasteiger partial charge in [0.15, 0.2) is 5.82 Å². The molecule has 5 heteroatoms. The Kier molecular flexibility index (Phi) is 2.45. The summed E-state index contributed by atoms with van der Waals surface area (Å²) in [6.45, 7) is 0. The summed E-state index contributed by atoms with van der Waals surface area (Å²) in [5.41, 5.74) is 8.28. The topological polar surface area (TPSA) is 92.0 Å². The molecule has 94 valence electrons. The predicted molar refractivity (Wildman–Crippen MR) is 72.9 cm³/mol. The highest BCUT2D eigenvalue weighted by atomic mass is 16.4. The number of carboxylic acids is 1. The van der Waals surface area contributed by atoms with Gasteiger partial charge in [0.25, 0.3) is 0 Å². The van der Waals surface area contributed by atoms with Crippen molar-refractivity contribution in [1.82, 2.24) is 10.2 Å². The molecule has 5 nitrogen and oxygen atoms in total. The summed E-state index contributed by atoms with van der Waals surface area (Å²) in [4.78, 5) is 11.3. The van der Waals surface area contributed by atoms with E-state index in [4.69, 9.17) is 5.73 Å². The number of aromatic carboxylic acids is 1. The lowest BCUT2D eigenvalue weighted by Gasteiger charge is -2.07. The number of H-pyrrole nitrogens is 1. The zero-order valence-corrected chi connectivity index (χ0v) is 9.92. The van der Waals surface area contributed by atoms with Gasteiger partial charge in [0.05, 0.1) is 16.5 Å². The largest absolute Gasteiger partial charge is 0.478 e. The highest BCUT2D eigenvalue weighted by molar-refractivity contribution is 6.06. The smallest absolute Gasteiger partial charge is 0.336 e. The molecule has 0 saturated heterocycles. The normalized spacial score (nSPS) is 10.7. The van der Waals surface area contributed by atoms with Crippen LogP contribution in [0.3, 0.4) is 0 Å². The number of carboxylic acid groups (broad SMARTS) is 1. The Morgan fingerprint density at radius 3 is 2.63 bits per heavy atom. The van der Waals surface area contributed by atoms with Crippen molar-refractivity contribution in [3.63, 3.8) is 0 Å². The fourth-order valence-corrected chi connectivity index (χ4v) is 2.23. The quantitative estimate of drug-likeness (QED) is 0.654. The van der Waals surface area contributed by atoms with Crippen molar-refractivity contribution < 1.29 is 9.90 Å². The maximum atomic E-state index is 11.3. The summed E-state index contributed by atoms with van der Waals surface area (Å²) in [5.74, 6) is -0.597. The lowest BCUT2D eigenvalue weighted by molar-refractivity contribution is 0.0698. The number of nitrogen functional groups attached to an aromatic ring is 1.